The van der Waals surface area contributed by atoms with Crippen molar-refractivity contribution >= 4 is 35.4 Å². The maximum atomic E-state index is 13.9. The number of rotatable bonds is 6. The fourth-order valence-electron chi connectivity index (χ4n) is 6.57. The third kappa shape index (κ3) is 4.15. The van der Waals surface area contributed by atoms with Gasteiger partial charge in [0.15, 0.2) is 22.9 Å². The van der Waals surface area contributed by atoms with Gasteiger partial charge in [-0.05, 0) is 67.7 Å². The molecule has 42 heavy (non-hydrogen) atoms. The number of ether oxygens (including phenoxy) is 2. The average molecular weight is 577 g/mol. The Morgan fingerprint density at radius 3 is 2.36 bits per heavy atom. The zero-order chi connectivity index (χ0) is 30.7. The van der Waals surface area contributed by atoms with Crippen molar-refractivity contribution < 1.29 is 44.3 Å². The molecule has 1 amide bonds. The van der Waals surface area contributed by atoms with Crippen LogP contribution < -0.4 is 15.2 Å². The number of aliphatic hydroxyl groups excluding tert-OH is 2. The van der Waals surface area contributed by atoms with E-state index in [9.17, 15) is 34.8 Å². The molecule has 3 aliphatic rings. The molecule has 3 aliphatic carbocycles. The second-order valence-corrected chi connectivity index (χ2v) is 10.9. The van der Waals surface area contributed by atoms with Gasteiger partial charge in [0.05, 0.1) is 25.8 Å². The molecule has 4 atom stereocenters. The number of phenolic OH excluding ortho intramolecular Hbond substituents is 1. The lowest BCUT2D eigenvalue weighted by molar-refractivity contribution is -0.153. The van der Waals surface area contributed by atoms with E-state index in [0.29, 0.717) is 22.6 Å². The summed E-state index contributed by atoms with van der Waals surface area (Å²) in [5.41, 5.74) is 3.71. The topological polar surface area (TPSA) is 180 Å². The second kappa shape index (κ2) is 10.3. The molecule has 6 N–H and O–H groups in total. The number of carbonyl (C=O) groups is 3. The minimum Gasteiger partial charge on any atom is -0.508 e. The highest BCUT2D eigenvalue weighted by atomic mass is 16.5. The standard InChI is InChI=1S/C31H32N2O9/c1-33(2)25-18-13-16-12-17-15(7-5-14-6-10-20(41-3)21(11-14)42-4)8-9-19(34)23(17)26(35)22(16)28(37)31(18,40)29(38)24(27(25)36)30(32)39/h5-11,16,18,25,34-35,38,40H,12-13H2,1-4H3,(H2,32,39)/b7-5+/t16-,18-,25-,31+/m1/s1. The number of Topliss-reactive ketones (excluding diaryl/α,β-unsaturated/α-hetero) is 2. The van der Waals surface area contributed by atoms with Crippen molar-refractivity contribution in [3.8, 4) is 17.2 Å². The largest absolute Gasteiger partial charge is 0.508 e. The summed E-state index contributed by atoms with van der Waals surface area (Å²) in [4.78, 5) is 40.8. The van der Waals surface area contributed by atoms with Crippen LogP contribution in [-0.4, -0.2) is 82.8 Å². The van der Waals surface area contributed by atoms with E-state index in [1.54, 1.807) is 45.5 Å². The Morgan fingerprint density at radius 2 is 1.74 bits per heavy atom. The molecular weight excluding hydrogens is 544 g/mol. The predicted octanol–water partition coefficient (Wildman–Crippen LogP) is 2.15. The van der Waals surface area contributed by atoms with Gasteiger partial charge in [-0.3, -0.25) is 19.3 Å². The summed E-state index contributed by atoms with van der Waals surface area (Å²) in [5, 5.41) is 44.8. The van der Waals surface area contributed by atoms with E-state index in [4.69, 9.17) is 15.2 Å². The lowest BCUT2D eigenvalue weighted by Crippen LogP contribution is -2.65. The van der Waals surface area contributed by atoms with Gasteiger partial charge in [-0.15, -0.1) is 0 Å². The number of methoxy groups -OCH3 is 2. The van der Waals surface area contributed by atoms with Crippen LogP contribution in [0.25, 0.3) is 17.9 Å². The number of nitrogens with two attached hydrogens (primary N) is 1. The Labute approximate surface area is 241 Å². The first kappa shape index (κ1) is 28.9. The number of carbonyl (C=O) groups excluding carboxylic acids is 3. The van der Waals surface area contributed by atoms with Crippen molar-refractivity contribution in [1.29, 1.82) is 0 Å². The molecule has 0 aromatic heterocycles. The molecule has 0 unspecified atom stereocenters. The van der Waals surface area contributed by atoms with Crippen LogP contribution in [0.2, 0.25) is 0 Å². The quantitative estimate of drug-likeness (QED) is 0.253. The van der Waals surface area contributed by atoms with Gasteiger partial charge in [0, 0.05) is 11.5 Å². The van der Waals surface area contributed by atoms with E-state index in [1.807, 2.05) is 12.1 Å². The Bertz CT molecular complexity index is 1620. The van der Waals surface area contributed by atoms with E-state index >= 15 is 0 Å². The molecule has 0 heterocycles. The lowest BCUT2D eigenvalue weighted by atomic mass is 9.57. The van der Waals surface area contributed by atoms with Gasteiger partial charge in [0.25, 0.3) is 5.91 Å². The number of nitrogens with zero attached hydrogens (tertiary/aromatic N) is 1. The summed E-state index contributed by atoms with van der Waals surface area (Å²) in [6, 6.07) is 7.32. The summed E-state index contributed by atoms with van der Waals surface area (Å²) >= 11 is 0. The molecule has 220 valence electrons. The molecule has 5 rings (SSSR count). The molecule has 0 saturated heterocycles. The van der Waals surface area contributed by atoms with E-state index in [1.165, 1.54) is 18.1 Å². The highest BCUT2D eigenvalue weighted by molar-refractivity contribution is 6.24. The van der Waals surface area contributed by atoms with Gasteiger partial charge in [-0.25, -0.2) is 0 Å². The van der Waals surface area contributed by atoms with Crippen LogP contribution in [0, 0.1) is 11.8 Å². The summed E-state index contributed by atoms with van der Waals surface area (Å²) in [7, 11) is 6.19. The van der Waals surface area contributed by atoms with E-state index in [2.05, 4.69) is 0 Å². The molecule has 11 nitrogen and oxygen atoms in total. The van der Waals surface area contributed by atoms with E-state index < -0.39 is 58.0 Å². The number of likely N-dealkylation sites (N-methyl/N-ethyl adjacent to an activating group) is 1. The smallest absolute Gasteiger partial charge is 0.255 e. The molecule has 2 aromatic rings. The van der Waals surface area contributed by atoms with E-state index in [-0.39, 0.29) is 29.7 Å². The van der Waals surface area contributed by atoms with Crippen molar-refractivity contribution in [2.24, 2.45) is 17.6 Å². The third-order valence-electron chi connectivity index (χ3n) is 8.50. The Kier molecular flexibility index (Phi) is 7.12. The number of benzene rings is 2. The summed E-state index contributed by atoms with van der Waals surface area (Å²) in [6.45, 7) is 0. The monoisotopic (exact) mass is 576 g/mol. The molecule has 11 heteroatoms. The van der Waals surface area contributed by atoms with Crippen LogP contribution >= 0.6 is 0 Å². The number of hydrogen-bond acceptors (Lipinski definition) is 10. The maximum absolute atomic E-state index is 13.9. The van der Waals surface area contributed by atoms with Gasteiger partial charge < -0.3 is 35.6 Å². The first-order valence-corrected chi connectivity index (χ1v) is 13.3. The minimum atomic E-state index is -2.68. The van der Waals surface area contributed by atoms with Gasteiger partial charge in [0.2, 0.25) is 5.78 Å². The molecular formula is C31H32N2O9. The number of aliphatic hydroxyl groups is 3. The van der Waals surface area contributed by atoms with Crippen molar-refractivity contribution in [3.63, 3.8) is 0 Å². The molecule has 0 bridgehead atoms. The first-order valence-electron chi connectivity index (χ1n) is 13.3. The van der Waals surface area contributed by atoms with Crippen molar-refractivity contribution in [3.05, 3.63) is 69.5 Å². The van der Waals surface area contributed by atoms with Gasteiger partial charge in [-0.1, -0.05) is 24.3 Å². The minimum absolute atomic E-state index is 0.0141. The molecule has 0 radical (unpaired) electrons. The van der Waals surface area contributed by atoms with Crippen molar-refractivity contribution in [1.82, 2.24) is 4.90 Å². The first-order chi connectivity index (χ1) is 19.9. The van der Waals surface area contributed by atoms with Crippen LogP contribution in [-0.2, 0) is 20.8 Å². The normalized spacial score (nSPS) is 25.4. The van der Waals surface area contributed by atoms with Crippen LogP contribution in [0.3, 0.4) is 0 Å². The third-order valence-corrected chi connectivity index (χ3v) is 8.50. The highest BCUT2D eigenvalue weighted by Gasteiger charge is 2.64. The second-order valence-electron chi connectivity index (χ2n) is 10.9. The summed E-state index contributed by atoms with van der Waals surface area (Å²) in [5.74, 6) is -5.74. The average Bonchev–Trinajstić information content (AvgIpc) is 2.94. The number of hydrogen-bond donors (Lipinski definition) is 5. The number of phenols is 1. The molecule has 2 aromatic carbocycles. The Balaban J connectivity index is 1.63. The number of ketones is 2. The molecule has 1 fully saturated rings. The number of aromatic hydroxyl groups is 1. The summed E-state index contributed by atoms with van der Waals surface area (Å²) < 4.78 is 10.7. The fraction of sp³-hybridized carbons (Fsp3) is 0.323. The van der Waals surface area contributed by atoms with Crippen LogP contribution in [0.4, 0.5) is 0 Å². The van der Waals surface area contributed by atoms with Crippen LogP contribution in [0.5, 0.6) is 17.2 Å². The number of fused-ring (bicyclic) bond motifs is 3. The van der Waals surface area contributed by atoms with Gasteiger partial charge in [0.1, 0.15) is 22.8 Å². The maximum Gasteiger partial charge on any atom is 0.255 e. The van der Waals surface area contributed by atoms with Gasteiger partial charge >= 0.3 is 0 Å². The highest BCUT2D eigenvalue weighted by Crippen LogP contribution is 2.53. The van der Waals surface area contributed by atoms with Crippen LogP contribution in [0.15, 0.2) is 47.2 Å². The summed E-state index contributed by atoms with van der Waals surface area (Å²) in [6.07, 6.45) is 3.83. The molecule has 1 saturated carbocycles. The zero-order valence-electron chi connectivity index (χ0n) is 23.5. The van der Waals surface area contributed by atoms with Gasteiger partial charge in [-0.2, -0.15) is 0 Å². The fourth-order valence-corrected chi connectivity index (χ4v) is 6.57. The van der Waals surface area contributed by atoms with Crippen LogP contribution in [0.1, 0.15) is 28.7 Å². The number of amides is 1. The molecule has 0 aliphatic heterocycles. The Hall–Kier alpha value is -4.61. The van der Waals surface area contributed by atoms with Crippen molar-refractivity contribution in [2.45, 2.75) is 24.5 Å². The Morgan fingerprint density at radius 1 is 1.05 bits per heavy atom. The molecule has 0 spiro atoms. The SMILES string of the molecule is COc1ccc(/C=C/c2ccc(O)c3c2C[C@@H]2C[C@@H]4[C@@H](N(C)C)C(=O)C(C(N)=O)=C(O)[C@@]4(O)C(=O)C2=C3O)cc1OC. The number of primary amides is 1. The lowest BCUT2D eigenvalue weighted by Gasteiger charge is -2.50. The van der Waals surface area contributed by atoms with E-state index in [0.717, 1.165) is 5.56 Å². The zero-order valence-corrected chi connectivity index (χ0v) is 23.5. The predicted molar refractivity (Wildman–Crippen MR) is 153 cm³/mol. The van der Waals surface area contributed by atoms with Crippen molar-refractivity contribution in [2.75, 3.05) is 28.3 Å².